The van der Waals surface area contributed by atoms with Crippen LogP contribution < -0.4 is 5.73 Å². The van der Waals surface area contributed by atoms with Crippen LogP contribution in [0.15, 0.2) is 28.8 Å². The van der Waals surface area contributed by atoms with Crippen molar-refractivity contribution in [3.63, 3.8) is 0 Å². The fourth-order valence-corrected chi connectivity index (χ4v) is 3.29. The molecule has 1 aromatic carbocycles. The first-order valence-electron chi connectivity index (χ1n) is 6.96. The summed E-state index contributed by atoms with van der Waals surface area (Å²) in [4.78, 5) is 4.55. The molecule has 4 nitrogen and oxygen atoms in total. The van der Waals surface area contributed by atoms with Gasteiger partial charge in [-0.05, 0) is 66.3 Å². The molecule has 5 heteroatoms. The van der Waals surface area contributed by atoms with Crippen LogP contribution in [0.5, 0.6) is 0 Å². The van der Waals surface area contributed by atoms with Gasteiger partial charge in [-0.1, -0.05) is 24.2 Å². The van der Waals surface area contributed by atoms with Gasteiger partial charge in [0.2, 0.25) is 0 Å². The quantitative estimate of drug-likeness (QED) is 0.804. The van der Waals surface area contributed by atoms with E-state index in [9.17, 15) is 0 Å². The van der Waals surface area contributed by atoms with Crippen molar-refractivity contribution in [1.29, 1.82) is 0 Å². The monoisotopic (exact) mass is 383 g/mol. The van der Waals surface area contributed by atoms with Crippen LogP contribution >= 0.6 is 22.6 Å². The number of halogens is 1. The molecule has 2 aromatic rings. The van der Waals surface area contributed by atoms with Gasteiger partial charge >= 0.3 is 0 Å². The van der Waals surface area contributed by atoms with Crippen LogP contribution in [0, 0.1) is 9.49 Å². The molecule has 0 saturated heterocycles. The zero-order chi connectivity index (χ0) is 14.2. The number of nitrogens with zero attached hydrogens (tertiary/aromatic N) is 2. The standard InChI is InChI=1S/C15H18IN3O/c1-10-6-8-15(17,9-7-10)14-18-13(20-19-14)11-4-2-3-5-12(11)16/h2-5,10H,6-9,17H2,1H3. The van der Waals surface area contributed by atoms with Gasteiger partial charge in [0.05, 0.1) is 11.1 Å². The van der Waals surface area contributed by atoms with Crippen molar-refractivity contribution >= 4 is 22.6 Å². The SMILES string of the molecule is CC1CCC(N)(c2noc(-c3ccccc3I)n2)CC1. The second-order valence-electron chi connectivity index (χ2n) is 5.74. The summed E-state index contributed by atoms with van der Waals surface area (Å²) in [6.07, 6.45) is 4.12. The molecular weight excluding hydrogens is 365 g/mol. The van der Waals surface area contributed by atoms with E-state index in [-0.39, 0.29) is 0 Å². The van der Waals surface area contributed by atoms with Crippen molar-refractivity contribution < 1.29 is 4.52 Å². The van der Waals surface area contributed by atoms with Crippen molar-refractivity contribution in [2.24, 2.45) is 11.7 Å². The molecule has 1 aromatic heterocycles. The van der Waals surface area contributed by atoms with Gasteiger partial charge in [-0.15, -0.1) is 0 Å². The lowest BCUT2D eigenvalue weighted by Gasteiger charge is -2.33. The van der Waals surface area contributed by atoms with E-state index in [4.69, 9.17) is 10.3 Å². The molecule has 106 valence electrons. The van der Waals surface area contributed by atoms with Crippen molar-refractivity contribution in [1.82, 2.24) is 10.1 Å². The Labute approximate surface area is 132 Å². The van der Waals surface area contributed by atoms with E-state index in [1.807, 2.05) is 24.3 Å². The van der Waals surface area contributed by atoms with Gasteiger partial charge in [-0.3, -0.25) is 0 Å². The molecule has 20 heavy (non-hydrogen) atoms. The van der Waals surface area contributed by atoms with Crippen molar-refractivity contribution in [2.75, 3.05) is 0 Å². The van der Waals surface area contributed by atoms with E-state index in [1.165, 1.54) is 0 Å². The summed E-state index contributed by atoms with van der Waals surface area (Å²) < 4.78 is 6.53. The molecule has 1 aliphatic rings. The number of aromatic nitrogens is 2. The van der Waals surface area contributed by atoms with E-state index in [0.29, 0.717) is 11.7 Å². The summed E-state index contributed by atoms with van der Waals surface area (Å²) in [6, 6.07) is 7.99. The minimum Gasteiger partial charge on any atom is -0.334 e. The maximum Gasteiger partial charge on any atom is 0.259 e. The molecule has 0 spiro atoms. The number of nitrogens with two attached hydrogens (primary N) is 1. The molecule has 0 aliphatic heterocycles. The molecule has 1 saturated carbocycles. The summed E-state index contributed by atoms with van der Waals surface area (Å²) in [5.74, 6) is 1.96. The van der Waals surface area contributed by atoms with E-state index in [0.717, 1.165) is 40.7 Å². The minimum atomic E-state index is -0.422. The maximum absolute atomic E-state index is 6.49. The summed E-state index contributed by atoms with van der Waals surface area (Å²) in [6.45, 7) is 2.27. The van der Waals surface area contributed by atoms with Crippen LogP contribution in [0.4, 0.5) is 0 Å². The van der Waals surface area contributed by atoms with Crippen LogP contribution in [-0.2, 0) is 5.54 Å². The second-order valence-corrected chi connectivity index (χ2v) is 6.90. The van der Waals surface area contributed by atoms with E-state index in [2.05, 4.69) is 39.7 Å². The first-order chi connectivity index (χ1) is 9.58. The molecule has 3 rings (SSSR count). The predicted octanol–water partition coefficient (Wildman–Crippen LogP) is 3.71. The molecule has 2 N–H and O–H groups in total. The van der Waals surface area contributed by atoms with Gasteiger partial charge in [-0.25, -0.2) is 0 Å². The Morgan fingerprint density at radius 3 is 2.70 bits per heavy atom. The number of hydrogen-bond donors (Lipinski definition) is 1. The zero-order valence-electron chi connectivity index (χ0n) is 11.5. The fourth-order valence-electron chi connectivity index (χ4n) is 2.67. The Morgan fingerprint density at radius 1 is 1.30 bits per heavy atom. The van der Waals surface area contributed by atoms with Gasteiger partial charge < -0.3 is 10.3 Å². The fraction of sp³-hybridized carbons (Fsp3) is 0.467. The topological polar surface area (TPSA) is 64.9 Å². The Balaban J connectivity index is 1.89. The van der Waals surface area contributed by atoms with Crippen molar-refractivity contribution in [3.05, 3.63) is 33.7 Å². The Morgan fingerprint density at radius 2 is 2.00 bits per heavy atom. The highest BCUT2D eigenvalue weighted by Gasteiger charge is 2.36. The minimum absolute atomic E-state index is 0.422. The van der Waals surface area contributed by atoms with E-state index in [1.54, 1.807) is 0 Å². The maximum atomic E-state index is 6.49. The van der Waals surface area contributed by atoms with Crippen molar-refractivity contribution in [3.8, 4) is 11.5 Å². The van der Waals surface area contributed by atoms with Crippen molar-refractivity contribution in [2.45, 2.75) is 38.1 Å². The largest absolute Gasteiger partial charge is 0.334 e. The molecular formula is C15H18IN3O. The molecule has 0 amide bonds. The molecule has 1 fully saturated rings. The number of benzene rings is 1. The van der Waals surface area contributed by atoms with E-state index >= 15 is 0 Å². The molecule has 0 atom stereocenters. The third kappa shape index (κ3) is 2.61. The van der Waals surface area contributed by atoms with Gasteiger partial charge in [0, 0.05) is 3.57 Å². The lowest BCUT2D eigenvalue weighted by molar-refractivity contribution is 0.230. The average molecular weight is 383 g/mol. The molecule has 0 unspecified atom stereocenters. The molecule has 1 heterocycles. The van der Waals surface area contributed by atoms with Gasteiger partial charge in [0.15, 0.2) is 5.82 Å². The van der Waals surface area contributed by atoms with E-state index < -0.39 is 5.54 Å². The van der Waals surface area contributed by atoms with Gasteiger partial charge in [-0.2, -0.15) is 4.98 Å². The van der Waals surface area contributed by atoms with Crippen LogP contribution in [0.3, 0.4) is 0 Å². The summed E-state index contributed by atoms with van der Waals surface area (Å²) in [7, 11) is 0. The molecule has 0 radical (unpaired) electrons. The van der Waals surface area contributed by atoms with Gasteiger partial charge in [0.25, 0.3) is 5.89 Å². The zero-order valence-corrected chi connectivity index (χ0v) is 13.6. The number of rotatable bonds is 2. The van der Waals surface area contributed by atoms with Gasteiger partial charge in [0.1, 0.15) is 0 Å². The highest BCUT2D eigenvalue weighted by Crippen LogP contribution is 2.36. The average Bonchev–Trinajstić information content (AvgIpc) is 2.93. The van der Waals surface area contributed by atoms with Crippen LogP contribution in [-0.4, -0.2) is 10.1 Å². The van der Waals surface area contributed by atoms with Crippen LogP contribution in [0.25, 0.3) is 11.5 Å². The summed E-state index contributed by atoms with van der Waals surface area (Å²) >= 11 is 2.27. The third-order valence-corrected chi connectivity index (χ3v) is 5.08. The Hall–Kier alpha value is -0.950. The van der Waals surface area contributed by atoms with Crippen LogP contribution in [0.2, 0.25) is 0 Å². The molecule has 0 bridgehead atoms. The van der Waals surface area contributed by atoms with Crippen LogP contribution in [0.1, 0.15) is 38.4 Å². The second kappa shape index (κ2) is 5.44. The summed E-state index contributed by atoms with van der Waals surface area (Å²) in [5, 5.41) is 4.14. The predicted molar refractivity (Wildman–Crippen MR) is 85.9 cm³/mol. The first kappa shape index (κ1) is 14.0. The third-order valence-electron chi connectivity index (χ3n) is 4.14. The summed E-state index contributed by atoms with van der Waals surface area (Å²) in [5.41, 5.74) is 7.03. The lowest BCUT2D eigenvalue weighted by atomic mass is 9.77. The smallest absolute Gasteiger partial charge is 0.259 e. The Bertz CT molecular complexity index is 603. The first-order valence-corrected chi connectivity index (χ1v) is 8.04. The lowest BCUT2D eigenvalue weighted by Crippen LogP contribution is -2.41. The highest BCUT2D eigenvalue weighted by atomic mass is 127. The number of hydrogen-bond acceptors (Lipinski definition) is 4. The molecule has 1 aliphatic carbocycles. The highest BCUT2D eigenvalue weighted by molar-refractivity contribution is 14.1. The normalized spacial score (nSPS) is 26.6. The Kier molecular flexibility index (Phi) is 3.81.